The molecule has 0 aromatic heterocycles. The van der Waals surface area contributed by atoms with E-state index in [0.717, 1.165) is 19.6 Å². The predicted octanol–water partition coefficient (Wildman–Crippen LogP) is 2.14. The number of amides is 1. The van der Waals surface area contributed by atoms with E-state index in [0.29, 0.717) is 23.6 Å². The number of benzene rings is 1. The van der Waals surface area contributed by atoms with Crippen molar-refractivity contribution >= 4 is 11.6 Å². The largest absolute Gasteiger partial charge is 0.497 e. The molecule has 0 unspecified atom stereocenters. The summed E-state index contributed by atoms with van der Waals surface area (Å²) in [4.78, 5) is 14.4. The lowest BCUT2D eigenvalue weighted by Gasteiger charge is -2.35. The second kappa shape index (κ2) is 8.17. The fraction of sp³-hybridized carbons (Fsp3) is 0.588. The number of morpholine rings is 1. The van der Waals surface area contributed by atoms with Crippen molar-refractivity contribution in [2.75, 3.05) is 39.2 Å². The molecule has 1 aromatic carbocycles. The Morgan fingerprint density at radius 1 is 1.17 bits per heavy atom. The highest BCUT2D eigenvalue weighted by atomic mass is 16.5. The van der Waals surface area contributed by atoms with Gasteiger partial charge < -0.3 is 19.5 Å². The van der Waals surface area contributed by atoms with E-state index in [1.165, 1.54) is 0 Å². The van der Waals surface area contributed by atoms with Crippen LogP contribution in [0.1, 0.15) is 20.3 Å². The van der Waals surface area contributed by atoms with Crippen molar-refractivity contribution in [3.05, 3.63) is 18.2 Å². The molecule has 0 spiro atoms. The van der Waals surface area contributed by atoms with Gasteiger partial charge in [-0.1, -0.05) is 0 Å². The molecule has 1 amide bonds. The van der Waals surface area contributed by atoms with Crippen LogP contribution in [0.25, 0.3) is 0 Å². The van der Waals surface area contributed by atoms with E-state index in [1.807, 2.05) is 0 Å². The van der Waals surface area contributed by atoms with Crippen molar-refractivity contribution in [2.45, 2.75) is 32.5 Å². The molecule has 1 saturated heterocycles. The minimum atomic E-state index is -0.0212. The van der Waals surface area contributed by atoms with Crippen LogP contribution in [0.3, 0.4) is 0 Å². The van der Waals surface area contributed by atoms with Crippen LogP contribution in [-0.4, -0.2) is 56.9 Å². The summed E-state index contributed by atoms with van der Waals surface area (Å²) in [6.45, 7) is 6.58. The highest BCUT2D eigenvalue weighted by molar-refractivity contribution is 5.91. The highest BCUT2D eigenvalue weighted by Gasteiger charge is 2.22. The quantitative estimate of drug-likeness (QED) is 0.869. The summed E-state index contributed by atoms with van der Waals surface area (Å²) in [5.41, 5.74) is 0.676. The van der Waals surface area contributed by atoms with Crippen LogP contribution in [0.15, 0.2) is 18.2 Å². The summed E-state index contributed by atoms with van der Waals surface area (Å²) in [7, 11) is 3.17. The number of nitrogens with zero attached hydrogens (tertiary/aromatic N) is 1. The van der Waals surface area contributed by atoms with Crippen molar-refractivity contribution in [2.24, 2.45) is 0 Å². The molecule has 0 bridgehead atoms. The SMILES string of the molecule is COc1cc(NC(=O)CCN2C[C@@H](C)O[C@H](C)C2)cc(OC)c1. The Labute approximate surface area is 137 Å². The molecule has 0 saturated carbocycles. The molecule has 1 N–H and O–H groups in total. The number of hydrogen-bond donors (Lipinski definition) is 1. The maximum atomic E-state index is 12.2. The molecule has 1 aliphatic rings. The second-order valence-corrected chi connectivity index (χ2v) is 5.92. The molecule has 6 nitrogen and oxygen atoms in total. The van der Waals surface area contributed by atoms with Gasteiger partial charge in [0.25, 0.3) is 0 Å². The predicted molar refractivity (Wildman–Crippen MR) is 89.2 cm³/mol. The van der Waals surface area contributed by atoms with Crippen LogP contribution in [0.5, 0.6) is 11.5 Å². The number of rotatable bonds is 6. The third-order valence-corrected chi connectivity index (χ3v) is 3.79. The van der Waals surface area contributed by atoms with Crippen LogP contribution in [0.2, 0.25) is 0 Å². The lowest BCUT2D eigenvalue weighted by atomic mass is 10.2. The number of anilines is 1. The number of carbonyl (C=O) groups excluding carboxylic acids is 1. The summed E-state index contributed by atoms with van der Waals surface area (Å²) in [5.74, 6) is 1.28. The van der Waals surface area contributed by atoms with Crippen molar-refractivity contribution < 1.29 is 19.0 Å². The lowest BCUT2D eigenvalue weighted by molar-refractivity contribution is -0.117. The molecular formula is C17H26N2O4. The van der Waals surface area contributed by atoms with E-state index in [9.17, 15) is 4.79 Å². The molecule has 1 heterocycles. The van der Waals surface area contributed by atoms with Crippen molar-refractivity contribution in [3.8, 4) is 11.5 Å². The summed E-state index contributed by atoms with van der Waals surface area (Å²) < 4.78 is 16.1. The molecule has 0 aliphatic carbocycles. The zero-order valence-electron chi connectivity index (χ0n) is 14.3. The van der Waals surface area contributed by atoms with Crippen molar-refractivity contribution in [1.82, 2.24) is 4.90 Å². The van der Waals surface area contributed by atoms with Gasteiger partial charge in [0.05, 0.1) is 26.4 Å². The Bertz CT molecular complexity index is 503. The van der Waals surface area contributed by atoms with E-state index < -0.39 is 0 Å². The van der Waals surface area contributed by atoms with Crippen molar-refractivity contribution in [1.29, 1.82) is 0 Å². The standard InChI is InChI=1S/C17H26N2O4/c1-12-10-19(11-13(2)23-12)6-5-17(20)18-14-7-15(21-3)9-16(8-14)22-4/h7-9,12-13H,5-6,10-11H2,1-4H3,(H,18,20)/t12-,13-/m1/s1. The summed E-state index contributed by atoms with van der Waals surface area (Å²) in [6, 6.07) is 5.32. The van der Waals surface area contributed by atoms with E-state index in [-0.39, 0.29) is 18.1 Å². The lowest BCUT2D eigenvalue weighted by Crippen LogP contribution is -2.46. The summed E-state index contributed by atoms with van der Waals surface area (Å²) in [5, 5.41) is 2.90. The Morgan fingerprint density at radius 2 is 1.74 bits per heavy atom. The highest BCUT2D eigenvalue weighted by Crippen LogP contribution is 2.25. The van der Waals surface area contributed by atoms with E-state index >= 15 is 0 Å². The summed E-state index contributed by atoms with van der Waals surface area (Å²) in [6.07, 6.45) is 0.868. The number of hydrogen-bond acceptors (Lipinski definition) is 5. The van der Waals surface area contributed by atoms with Gasteiger partial charge in [-0.3, -0.25) is 9.69 Å². The Morgan fingerprint density at radius 3 is 2.26 bits per heavy atom. The van der Waals surface area contributed by atoms with Crippen molar-refractivity contribution in [3.63, 3.8) is 0 Å². The third kappa shape index (κ3) is 5.41. The van der Waals surface area contributed by atoms with Gasteiger partial charge in [-0.05, 0) is 13.8 Å². The Balaban J connectivity index is 1.87. The average Bonchev–Trinajstić information content (AvgIpc) is 2.51. The first-order chi connectivity index (χ1) is 11.0. The van der Waals surface area contributed by atoms with Crippen LogP contribution >= 0.6 is 0 Å². The normalized spacial score (nSPS) is 21.7. The first-order valence-electron chi connectivity index (χ1n) is 7.91. The molecule has 0 radical (unpaired) electrons. The molecule has 2 rings (SSSR count). The van der Waals surface area contributed by atoms with Gasteiger partial charge in [-0.2, -0.15) is 0 Å². The zero-order chi connectivity index (χ0) is 16.8. The Hall–Kier alpha value is -1.79. The number of methoxy groups -OCH3 is 2. The van der Waals surface area contributed by atoms with Crippen LogP contribution < -0.4 is 14.8 Å². The third-order valence-electron chi connectivity index (χ3n) is 3.79. The van der Waals surface area contributed by atoms with Gasteiger partial charge in [-0.15, -0.1) is 0 Å². The first kappa shape index (κ1) is 17.6. The maximum absolute atomic E-state index is 12.2. The van der Waals surface area contributed by atoms with Crippen LogP contribution in [-0.2, 0) is 9.53 Å². The van der Waals surface area contributed by atoms with Crippen LogP contribution in [0.4, 0.5) is 5.69 Å². The summed E-state index contributed by atoms with van der Waals surface area (Å²) >= 11 is 0. The van der Waals surface area contributed by atoms with Gasteiger partial charge in [0.15, 0.2) is 0 Å². The first-order valence-corrected chi connectivity index (χ1v) is 7.91. The molecule has 128 valence electrons. The molecule has 1 fully saturated rings. The van der Waals surface area contributed by atoms with Gasteiger partial charge in [0.1, 0.15) is 11.5 Å². The zero-order valence-corrected chi connectivity index (χ0v) is 14.3. The molecular weight excluding hydrogens is 296 g/mol. The van der Waals surface area contributed by atoms with E-state index in [1.54, 1.807) is 32.4 Å². The van der Waals surface area contributed by atoms with E-state index in [4.69, 9.17) is 14.2 Å². The maximum Gasteiger partial charge on any atom is 0.225 e. The van der Waals surface area contributed by atoms with Gasteiger partial charge in [0.2, 0.25) is 5.91 Å². The molecule has 1 aliphatic heterocycles. The average molecular weight is 322 g/mol. The fourth-order valence-electron chi connectivity index (χ4n) is 2.83. The monoisotopic (exact) mass is 322 g/mol. The topological polar surface area (TPSA) is 60.0 Å². The van der Waals surface area contributed by atoms with Gasteiger partial charge in [-0.25, -0.2) is 0 Å². The molecule has 2 atom stereocenters. The minimum Gasteiger partial charge on any atom is -0.497 e. The number of ether oxygens (including phenoxy) is 3. The fourth-order valence-corrected chi connectivity index (χ4v) is 2.83. The van der Waals surface area contributed by atoms with Gasteiger partial charge >= 0.3 is 0 Å². The van der Waals surface area contributed by atoms with Gasteiger partial charge in [0, 0.05) is 49.9 Å². The minimum absolute atomic E-state index is 0.0212. The molecule has 6 heteroatoms. The van der Waals surface area contributed by atoms with Crippen LogP contribution in [0, 0.1) is 0 Å². The number of nitrogens with one attached hydrogen (secondary N) is 1. The second-order valence-electron chi connectivity index (χ2n) is 5.92. The smallest absolute Gasteiger partial charge is 0.225 e. The molecule has 23 heavy (non-hydrogen) atoms. The Kier molecular flexibility index (Phi) is 6.24. The van der Waals surface area contributed by atoms with E-state index in [2.05, 4.69) is 24.1 Å². The number of carbonyl (C=O) groups is 1. The molecule has 1 aromatic rings.